The van der Waals surface area contributed by atoms with Crippen molar-refractivity contribution in [1.82, 2.24) is 0 Å². The summed E-state index contributed by atoms with van der Waals surface area (Å²) in [6, 6.07) is 0. The Bertz CT molecular complexity index is 198. The second-order valence-electron chi connectivity index (χ2n) is 3.29. The van der Waals surface area contributed by atoms with Crippen molar-refractivity contribution in [2.45, 2.75) is 46.6 Å². The fraction of sp³-hybridized carbons (Fsp3) is 0.833. The van der Waals surface area contributed by atoms with Crippen molar-refractivity contribution in [1.29, 1.82) is 0 Å². The summed E-state index contributed by atoms with van der Waals surface area (Å²) < 4.78 is 16.7. The highest BCUT2D eigenvalue weighted by Gasteiger charge is 2.18. The van der Waals surface area contributed by atoms with Crippen LogP contribution in [0, 0.1) is 0 Å². The molecule has 0 bridgehead atoms. The van der Waals surface area contributed by atoms with Gasteiger partial charge in [-0.05, 0) is 27.2 Å². The third-order valence-electron chi connectivity index (χ3n) is 2.02. The van der Waals surface area contributed by atoms with Crippen molar-refractivity contribution in [2.24, 2.45) is 0 Å². The van der Waals surface area contributed by atoms with Crippen LogP contribution in [0.2, 0.25) is 0 Å². The van der Waals surface area contributed by atoms with Gasteiger partial charge in [0.2, 0.25) is 0 Å². The van der Waals surface area contributed by atoms with E-state index in [1.54, 1.807) is 0 Å². The lowest BCUT2D eigenvalue weighted by atomic mass is 10.2. The Morgan fingerprint density at radius 3 is 2.06 bits per heavy atom. The lowest BCUT2D eigenvalue weighted by Gasteiger charge is -2.22. The first kappa shape index (κ1) is 15.5. The van der Waals surface area contributed by atoms with Gasteiger partial charge < -0.3 is 14.2 Å². The lowest BCUT2D eigenvalue weighted by Crippen LogP contribution is -2.21. The summed E-state index contributed by atoms with van der Waals surface area (Å²) in [5.74, 6) is 0.768. The summed E-state index contributed by atoms with van der Waals surface area (Å²) in [6.45, 7) is 9.92. The highest BCUT2D eigenvalue weighted by atomic mass is 28.1. The first-order valence-corrected chi connectivity index (χ1v) is 6.54. The minimum absolute atomic E-state index is 0.0194. The summed E-state index contributed by atoms with van der Waals surface area (Å²) in [7, 11) is 3.45. The van der Waals surface area contributed by atoms with Gasteiger partial charge in [0.05, 0.1) is 13.2 Å². The Kier molecular flexibility index (Phi) is 9.43. The van der Waals surface area contributed by atoms with Gasteiger partial charge in [-0.3, -0.25) is 0 Å². The molecule has 0 heterocycles. The third-order valence-corrected chi connectivity index (χ3v) is 2.41. The van der Waals surface area contributed by atoms with E-state index in [0.29, 0.717) is 25.2 Å². The van der Waals surface area contributed by atoms with Gasteiger partial charge in [0.25, 0.3) is 0 Å². The van der Waals surface area contributed by atoms with Crippen molar-refractivity contribution >= 4 is 10.2 Å². The second kappa shape index (κ2) is 9.72. The maximum Gasteiger partial charge on any atom is 0.156 e. The van der Waals surface area contributed by atoms with E-state index in [9.17, 15) is 0 Å². The normalized spacial score (nSPS) is 14.3. The van der Waals surface area contributed by atoms with E-state index < -0.39 is 0 Å². The zero-order valence-corrected chi connectivity index (χ0v) is 11.8. The van der Waals surface area contributed by atoms with E-state index in [1.807, 2.05) is 20.8 Å². The summed E-state index contributed by atoms with van der Waals surface area (Å²) in [5, 5.41) is 0.649. The molecule has 0 aliphatic heterocycles. The number of hydrogen-bond donors (Lipinski definition) is 0. The van der Waals surface area contributed by atoms with Crippen molar-refractivity contribution in [3.63, 3.8) is 0 Å². The SMILES string of the molecule is CCCC(OCC)C(OCC)=C([Si])OCC. The first-order chi connectivity index (χ1) is 7.71. The van der Waals surface area contributed by atoms with Gasteiger partial charge in [0.15, 0.2) is 5.76 Å². The molecule has 93 valence electrons. The van der Waals surface area contributed by atoms with Gasteiger partial charge >= 0.3 is 0 Å². The molecule has 16 heavy (non-hydrogen) atoms. The summed E-state index contributed by atoms with van der Waals surface area (Å²) in [6.07, 6.45) is 1.96. The molecule has 4 heteroatoms. The van der Waals surface area contributed by atoms with E-state index >= 15 is 0 Å². The molecular formula is C12H23O3Si. The smallest absolute Gasteiger partial charge is 0.156 e. The Labute approximate surface area is 103 Å². The van der Waals surface area contributed by atoms with E-state index in [0.717, 1.165) is 18.6 Å². The highest BCUT2D eigenvalue weighted by molar-refractivity contribution is 6.20. The van der Waals surface area contributed by atoms with Gasteiger partial charge in [-0.15, -0.1) is 0 Å². The minimum Gasteiger partial charge on any atom is -0.501 e. The van der Waals surface area contributed by atoms with Crippen LogP contribution in [-0.4, -0.2) is 36.2 Å². The molecule has 0 aromatic rings. The maximum absolute atomic E-state index is 5.67. The van der Waals surface area contributed by atoms with Crippen molar-refractivity contribution in [3.8, 4) is 0 Å². The lowest BCUT2D eigenvalue weighted by molar-refractivity contribution is 0.0252. The topological polar surface area (TPSA) is 27.7 Å². The molecule has 0 rings (SSSR count). The van der Waals surface area contributed by atoms with Crippen LogP contribution in [-0.2, 0) is 14.2 Å². The molecule has 0 aromatic carbocycles. The van der Waals surface area contributed by atoms with Gasteiger partial charge in [0, 0.05) is 6.61 Å². The Morgan fingerprint density at radius 2 is 1.62 bits per heavy atom. The predicted octanol–water partition coefficient (Wildman–Crippen LogP) is 2.60. The molecule has 0 aliphatic rings. The molecule has 0 fully saturated rings. The Hall–Kier alpha value is -0.483. The fourth-order valence-electron chi connectivity index (χ4n) is 1.43. The summed E-state index contributed by atoms with van der Waals surface area (Å²) in [5.41, 5.74) is 0. The summed E-state index contributed by atoms with van der Waals surface area (Å²) >= 11 is 0. The first-order valence-electron chi connectivity index (χ1n) is 6.04. The van der Waals surface area contributed by atoms with E-state index in [1.165, 1.54) is 0 Å². The van der Waals surface area contributed by atoms with Crippen molar-refractivity contribution in [3.05, 3.63) is 11.1 Å². The molecule has 0 saturated heterocycles. The van der Waals surface area contributed by atoms with Crippen LogP contribution in [0.3, 0.4) is 0 Å². The molecule has 1 atom stereocenters. The standard InChI is InChI=1S/C12H23O3Si/c1-5-9-10(13-6-2)11(14-7-3)12(16)15-8-4/h10H,5-9H2,1-4H3. The number of ether oxygens (including phenoxy) is 3. The second-order valence-corrected chi connectivity index (χ2v) is 3.75. The Balaban J connectivity index is 4.73. The van der Waals surface area contributed by atoms with Crippen molar-refractivity contribution in [2.75, 3.05) is 19.8 Å². The third kappa shape index (κ3) is 5.56. The van der Waals surface area contributed by atoms with Crippen LogP contribution >= 0.6 is 0 Å². The molecule has 0 aromatic heterocycles. The van der Waals surface area contributed by atoms with Crippen LogP contribution in [0.4, 0.5) is 0 Å². The maximum atomic E-state index is 5.67. The average molecular weight is 243 g/mol. The largest absolute Gasteiger partial charge is 0.501 e. The molecule has 0 spiro atoms. The van der Waals surface area contributed by atoms with Gasteiger partial charge in [-0.1, -0.05) is 13.3 Å². The molecule has 3 nitrogen and oxygen atoms in total. The average Bonchev–Trinajstić information content (AvgIpc) is 2.26. The highest BCUT2D eigenvalue weighted by Crippen LogP contribution is 2.18. The monoisotopic (exact) mass is 243 g/mol. The zero-order valence-electron chi connectivity index (χ0n) is 10.8. The van der Waals surface area contributed by atoms with E-state index in [2.05, 4.69) is 17.2 Å². The van der Waals surface area contributed by atoms with Gasteiger partial charge in [-0.2, -0.15) is 0 Å². The van der Waals surface area contributed by atoms with Crippen LogP contribution in [0.15, 0.2) is 11.1 Å². The number of hydrogen-bond acceptors (Lipinski definition) is 3. The van der Waals surface area contributed by atoms with Crippen molar-refractivity contribution < 1.29 is 14.2 Å². The molecular weight excluding hydrogens is 220 g/mol. The fourth-order valence-corrected chi connectivity index (χ4v) is 1.81. The van der Waals surface area contributed by atoms with Gasteiger partial charge in [0.1, 0.15) is 21.7 Å². The van der Waals surface area contributed by atoms with Crippen LogP contribution in [0.1, 0.15) is 40.5 Å². The van der Waals surface area contributed by atoms with E-state index in [-0.39, 0.29) is 6.10 Å². The molecule has 0 saturated carbocycles. The molecule has 0 amide bonds. The van der Waals surface area contributed by atoms with E-state index in [4.69, 9.17) is 14.2 Å². The molecule has 0 aliphatic carbocycles. The quantitative estimate of drug-likeness (QED) is 0.460. The predicted molar refractivity (Wildman–Crippen MR) is 66.4 cm³/mol. The van der Waals surface area contributed by atoms with Crippen LogP contribution in [0.5, 0.6) is 0 Å². The number of rotatable bonds is 9. The van der Waals surface area contributed by atoms with Gasteiger partial charge in [-0.25, -0.2) is 0 Å². The van der Waals surface area contributed by atoms with Crippen LogP contribution < -0.4 is 0 Å². The molecule has 1 unspecified atom stereocenters. The molecule has 3 radical (unpaired) electrons. The zero-order chi connectivity index (χ0) is 12.4. The minimum atomic E-state index is -0.0194. The molecule has 0 N–H and O–H groups in total. The Morgan fingerprint density at radius 1 is 1.00 bits per heavy atom. The van der Waals surface area contributed by atoms with Crippen LogP contribution in [0.25, 0.3) is 0 Å². The summed E-state index contributed by atoms with van der Waals surface area (Å²) in [4.78, 5) is 0.